The molecule has 2 heterocycles. The van der Waals surface area contributed by atoms with Crippen molar-refractivity contribution in [1.82, 2.24) is 20.5 Å². The average Bonchev–Trinajstić information content (AvgIpc) is 2.78. The van der Waals surface area contributed by atoms with Gasteiger partial charge < -0.3 is 20.4 Å². The van der Waals surface area contributed by atoms with Crippen molar-refractivity contribution in [3.8, 4) is 0 Å². The van der Waals surface area contributed by atoms with Gasteiger partial charge in [0.15, 0.2) is 5.96 Å². The molecule has 1 aromatic carbocycles. The van der Waals surface area contributed by atoms with Crippen molar-refractivity contribution in [1.29, 1.82) is 0 Å². The van der Waals surface area contributed by atoms with Crippen LogP contribution in [0.4, 0.5) is 5.82 Å². The molecule has 170 valence electrons. The Labute approximate surface area is 204 Å². The molecule has 0 spiro atoms. The minimum absolute atomic E-state index is 0. The van der Waals surface area contributed by atoms with E-state index in [2.05, 4.69) is 88.8 Å². The number of nitrogens with zero attached hydrogens (tertiary/aromatic N) is 4. The van der Waals surface area contributed by atoms with Gasteiger partial charge in [0.1, 0.15) is 5.82 Å². The van der Waals surface area contributed by atoms with E-state index in [9.17, 15) is 0 Å². The third-order valence-electron chi connectivity index (χ3n) is 5.49. The van der Waals surface area contributed by atoms with Crippen molar-refractivity contribution in [2.45, 2.75) is 39.3 Å². The number of rotatable bonds is 8. The van der Waals surface area contributed by atoms with Crippen molar-refractivity contribution in [2.75, 3.05) is 44.7 Å². The predicted octanol–water partition coefficient (Wildman–Crippen LogP) is 3.53. The molecule has 7 heteroatoms. The second-order valence-corrected chi connectivity index (χ2v) is 8.08. The second-order valence-electron chi connectivity index (χ2n) is 8.08. The number of nitrogens with one attached hydrogen (secondary N) is 2. The lowest BCUT2D eigenvalue weighted by Crippen LogP contribution is -2.44. The number of aliphatic imine (C=N–C) groups is 1. The van der Waals surface area contributed by atoms with E-state index >= 15 is 0 Å². The van der Waals surface area contributed by atoms with Crippen LogP contribution in [-0.4, -0.2) is 61.7 Å². The summed E-state index contributed by atoms with van der Waals surface area (Å²) in [5.41, 5.74) is 2.56. The van der Waals surface area contributed by atoms with E-state index < -0.39 is 0 Å². The number of likely N-dealkylation sites (N-methyl/N-ethyl adjacent to an activating group) is 1. The summed E-state index contributed by atoms with van der Waals surface area (Å²) >= 11 is 0. The first-order valence-electron chi connectivity index (χ1n) is 11.1. The number of anilines is 1. The normalized spacial score (nSPS) is 15.8. The first-order chi connectivity index (χ1) is 14.6. The predicted molar refractivity (Wildman–Crippen MR) is 142 cm³/mol. The highest BCUT2D eigenvalue weighted by atomic mass is 127. The molecular formula is C24H37IN6. The lowest BCUT2D eigenvalue weighted by atomic mass is 10.1. The molecular weight excluding hydrogens is 499 g/mol. The molecule has 0 bridgehead atoms. The van der Waals surface area contributed by atoms with Gasteiger partial charge in [-0.2, -0.15) is 0 Å². The third kappa shape index (κ3) is 8.65. The average molecular weight is 537 g/mol. The molecule has 1 saturated heterocycles. The highest BCUT2D eigenvalue weighted by Crippen LogP contribution is 2.15. The summed E-state index contributed by atoms with van der Waals surface area (Å²) in [6, 6.07) is 15.2. The standard InChI is InChI=1S/C24H36N6.HI/c1-4-25-24(28-20(2)10-11-21-8-6-5-7-9-21)27-19-22-12-13-26-23(18-22)30-16-14-29(3)15-17-30;/h5-9,12-13,18,20H,4,10-11,14-17,19H2,1-3H3,(H2,25,27,28);1H. The zero-order valence-electron chi connectivity index (χ0n) is 19.1. The van der Waals surface area contributed by atoms with Crippen LogP contribution >= 0.6 is 24.0 Å². The zero-order chi connectivity index (χ0) is 21.2. The van der Waals surface area contributed by atoms with E-state index in [1.165, 1.54) is 11.1 Å². The summed E-state index contributed by atoms with van der Waals surface area (Å²) in [5, 5.41) is 6.92. The van der Waals surface area contributed by atoms with Gasteiger partial charge in [-0.05, 0) is 57.0 Å². The van der Waals surface area contributed by atoms with Crippen LogP contribution in [0, 0.1) is 0 Å². The van der Waals surface area contributed by atoms with Crippen LogP contribution in [0.25, 0.3) is 0 Å². The third-order valence-corrected chi connectivity index (χ3v) is 5.49. The first kappa shape index (κ1) is 25.4. The number of pyridine rings is 1. The second kappa shape index (κ2) is 13.5. The lowest BCUT2D eigenvalue weighted by molar-refractivity contribution is 0.312. The quantitative estimate of drug-likeness (QED) is 0.307. The maximum atomic E-state index is 4.82. The van der Waals surface area contributed by atoms with E-state index in [4.69, 9.17) is 4.99 Å². The van der Waals surface area contributed by atoms with Crippen LogP contribution in [0.1, 0.15) is 31.4 Å². The number of benzene rings is 1. The van der Waals surface area contributed by atoms with Crippen molar-refractivity contribution in [3.63, 3.8) is 0 Å². The Hall–Kier alpha value is -1.87. The number of aromatic nitrogens is 1. The Bertz CT molecular complexity index is 790. The molecule has 0 amide bonds. The Kier molecular flexibility index (Phi) is 11.1. The van der Waals surface area contributed by atoms with E-state index in [1.54, 1.807) is 0 Å². The SMILES string of the molecule is CCNC(=NCc1ccnc(N2CCN(C)CC2)c1)NC(C)CCc1ccccc1.I. The van der Waals surface area contributed by atoms with Gasteiger partial charge in [0, 0.05) is 45.0 Å². The molecule has 1 aliphatic heterocycles. The number of aryl methyl sites for hydroxylation is 1. The first-order valence-corrected chi connectivity index (χ1v) is 11.1. The Morgan fingerprint density at radius 3 is 2.55 bits per heavy atom. The minimum Gasteiger partial charge on any atom is -0.357 e. The largest absolute Gasteiger partial charge is 0.357 e. The molecule has 2 N–H and O–H groups in total. The van der Waals surface area contributed by atoms with Crippen molar-refractivity contribution >= 4 is 35.8 Å². The maximum absolute atomic E-state index is 4.82. The van der Waals surface area contributed by atoms with Crippen molar-refractivity contribution in [3.05, 3.63) is 59.8 Å². The smallest absolute Gasteiger partial charge is 0.191 e. The summed E-state index contributed by atoms with van der Waals surface area (Å²) in [7, 11) is 2.17. The monoisotopic (exact) mass is 536 g/mol. The van der Waals surface area contributed by atoms with Crippen LogP contribution in [0.2, 0.25) is 0 Å². The van der Waals surface area contributed by atoms with Crippen LogP contribution in [-0.2, 0) is 13.0 Å². The summed E-state index contributed by atoms with van der Waals surface area (Å²) in [6.45, 7) is 10.0. The summed E-state index contributed by atoms with van der Waals surface area (Å²) in [4.78, 5) is 14.1. The highest BCUT2D eigenvalue weighted by Gasteiger charge is 2.15. The van der Waals surface area contributed by atoms with Gasteiger partial charge in [0.2, 0.25) is 0 Å². The van der Waals surface area contributed by atoms with Crippen LogP contribution in [0.5, 0.6) is 0 Å². The number of halogens is 1. The zero-order valence-corrected chi connectivity index (χ0v) is 21.4. The number of piperazine rings is 1. The molecule has 6 nitrogen and oxygen atoms in total. The van der Waals surface area contributed by atoms with Crippen molar-refractivity contribution in [2.24, 2.45) is 4.99 Å². The van der Waals surface area contributed by atoms with Gasteiger partial charge in [-0.25, -0.2) is 9.98 Å². The lowest BCUT2D eigenvalue weighted by Gasteiger charge is -2.33. The molecule has 1 unspecified atom stereocenters. The van der Waals surface area contributed by atoms with Crippen LogP contribution in [0.15, 0.2) is 53.7 Å². The topological polar surface area (TPSA) is 55.8 Å². The summed E-state index contributed by atoms with van der Waals surface area (Å²) in [6.07, 6.45) is 4.03. The molecule has 31 heavy (non-hydrogen) atoms. The van der Waals surface area contributed by atoms with E-state index in [1.807, 2.05) is 6.20 Å². The Morgan fingerprint density at radius 1 is 1.10 bits per heavy atom. The van der Waals surface area contributed by atoms with Crippen molar-refractivity contribution < 1.29 is 0 Å². The van der Waals surface area contributed by atoms with E-state index in [0.717, 1.165) is 57.3 Å². The highest BCUT2D eigenvalue weighted by molar-refractivity contribution is 14.0. The van der Waals surface area contributed by atoms with Crippen LogP contribution < -0.4 is 15.5 Å². The fourth-order valence-electron chi connectivity index (χ4n) is 3.59. The van der Waals surface area contributed by atoms with Gasteiger partial charge in [-0.3, -0.25) is 0 Å². The minimum atomic E-state index is 0. The molecule has 0 saturated carbocycles. The molecule has 0 radical (unpaired) electrons. The molecule has 0 aliphatic carbocycles. The molecule has 1 aliphatic rings. The Balaban J connectivity index is 0.00000341. The van der Waals surface area contributed by atoms with Gasteiger partial charge >= 0.3 is 0 Å². The van der Waals surface area contributed by atoms with Gasteiger partial charge in [0.05, 0.1) is 6.54 Å². The van der Waals surface area contributed by atoms with E-state index in [-0.39, 0.29) is 24.0 Å². The number of hydrogen-bond acceptors (Lipinski definition) is 4. The molecule has 1 aromatic heterocycles. The fourth-order valence-corrected chi connectivity index (χ4v) is 3.59. The maximum Gasteiger partial charge on any atom is 0.191 e. The Morgan fingerprint density at radius 2 is 1.84 bits per heavy atom. The number of hydrogen-bond donors (Lipinski definition) is 2. The van der Waals surface area contributed by atoms with E-state index in [0.29, 0.717) is 12.6 Å². The molecule has 1 fully saturated rings. The summed E-state index contributed by atoms with van der Waals surface area (Å²) in [5.74, 6) is 1.93. The van der Waals surface area contributed by atoms with Gasteiger partial charge in [0.25, 0.3) is 0 Å². The summed E-state index contributed by atoms with van der Waals surface area (Å²) < 4.78 is 0. The van der Waals surface area contributed by atoms with Crippen LogP contribution in [0.3, 0.4) is 0 Å². The fraction of sp³-hybridized carbons (Fsp3) is 0.500. The van der Waals surface area contributed by atoms with Gasteiger partial charge in [-0.1, -0.05) is 30.3 Å². The number of guanidine groups is 1. The molecule has 3 rings (SSSR count). The molecule has 2 aromatic rings. The van der Waals surface area contributed by atoms with Gasteiger partial charge in [-0.15, -0.1) is 24.0 Å². The molecule has 1 atom stereocenters.